The molecule has 1 aromatic heterocycles. The molecule has 5 rings (SSSR count). The van der Waals surface area contributed by atoms with Crippen LogP contribution in [0.1, 0.15) is 12.0 Å². The second-order valence-corrected chi connectivity index (χ2v) is 9.00. The van der Waals surface area contributed by atoms with Crippen molar-refractivity contribution in [2.24, 2.45) is 29.2 Å². The quantitative estimate of drug-likeness (QED) is 0.641. The predicted molar refractivity (Wildman–Crippen MR) is 118 cm³/mol. The van der Waals surface area contributed by atoms with Gasteiger partial charge < -0.3 is 16.4 Å². The minimum Gasteiger partial charge on any atom is -0.330 e. The van der Waals surface area contributed by atoms with Crippen LogP contribution in [-0.4, -0.2) is 64.1 Å². The van der Waals surface area contributed by atoms with Crippen LogP contribution >= 0.6 is 0 Å². The zero-order valence-corrected chi connectivity index (χ0v) is 17.5. The standard InChI is InChI=1S/C22H29N7O2/c23-9-15-5-7-28(11-15)21(30)25-19-6-8-29(22(31)26-19)16-3-1-14(2-4-16)10-27-12-17-18(13-27)20(17)24/h1-4,6,8,15,17-18,20H,5,7,9-13,23-24H2,(H,25,26,30,31)/t15-,17-,18+,20?/m0/s1. The summed E-state index contributed by atoms with van der Waals surface area (Å²) in [7, 11) is 0. The fourth-order valence-corrected chi connectivity index (χ4v) is 4.88. The molecule has 0 radical (unpaired) electrons. The SMILES string of the molecule is NC[C@@H]1CCN(C(=O)Nc2ccn(-c3ccc(CN4C[C@@H]5C(N)[C@@H]5C4)cc3)c(=O)n2)C1. The van der Waals surface area contributed by atoms with Crippen LogP contribution in [-0.2, 0) is 6.54 Å². The summed E-state index contributed by atoms with van der Waals surface area (Å²) in [6, 6.07) is 9.75. The lowest BCUT2D eigenvalue weighted by Gasteiger charge is -2.19. The number of nitrogens with zero attached hydrogens (tertiary/aromatic N) is 4. The highest BCUT2D eigenvalue weighted by Gasteiger charge is 2.53. The number of hydrogen-bond acceptors (Lipinski definition) is 6. The van der Waals surface area contributed by atoms with Crippen LogP contribution < -0.4 is 22.5 Å². The van der Waals surface area contributed by atoms with Gasteiger partial charge in [-0.25, -0.2) is 9.59 Å². The number of nitrogens with two attached hydrogens (primary N) is 2. The van der Waals surface area contributed by atoms with Gasteiger partial charge in [-0.05, 0) is 54.5 Å². The summed E-state index contributed by atoms with van der Waals surface area (Å²) in [5, 5.41) is 2.71. The number of carbonyl (C=O) groups is 1. The molecule has 2 saturated heterocycles. The second kappa shape index (κ2) is 8.07. The number of benzene rings is 1. The van der Waals surface area contributed by atoms with Gasteiger partial charge in [-0.2, -0.15) is 4.98 Å². The average Bonchev–Trinajstić information content (AvgIpc) is 3.16. The lowest BCUT2D eigenvalue weighted by Crippen LogP contribution is -2.34. The number of nitrogens with one attached hydrogen (secondary N) is 1. The summed E-state index contributed by atoms with van der Waals surface area (Å²) < 4.78 is 1.48. The molecular weight excluding hydrogens is 394 g/mol. The summed E-state index contributed by atoms with van der Waals surface area (Å²) >= 11 is 0. The van der Waals surface area contributed by atoms with E-state index in [0.717, 1.165) is 31.7 Å². The topological polar surface area (TPSA) is 123 Å². The minimum absolute atomic E-state index is 0.245. The number of aromatic nitrogens is 2. The molecule has 9 nitrogen and oxygen atoms in total. The molecule has 2 aromatic rings. The highest BCUT2D eigenvalue weighted by atomic mass is 16.2. The van der Waals surface area contributed by atoms with Crippen LogP contribution in [0.2, 0.25) is 0 Å². The lowest BCUT2D eigenvalue weighted by atomic mass is 10.1. The van der Waals surface area contributed by atoms with Crippen molar-refractivity contribution in [3.63, 3.8) is 0 Å². The van der Waals surface area contributed by atoms with E-state index in [-0.39, 0.29) is 11.8 Å². The van der Waals surface area contributed by atoms with Gasteiger partial charge in [0.1, 0.15) is 5.82 Å². The van der Waals surface area contributed by atoms with E-state index in [2.05, 4.69) is 15.2 Å². The Labute approximate surface area is 181 Å². The summed E-state index contributed by atoms with van der Waals surface area (Å²) in [5.41, 5.74) is 13.2. The molecule has 9 heteroatoms. The summed E-state index contributed by atoms with van der Waals surface area (Å²) in [6.07, 6.45) is 2.55. The maximum absolute atomic E-state index is 12.5. The first-order valence-electron chi connectivity index (χ1n) is 10.9. The Hall–Kier alpha value is -2.75. The van der Waals surface area contributed by atoms with Gasteiger partial charge in [-0.15, -0.1) is 0 Å². The second-order valence-electron chi connectivity index (χ2n) is 9.00. The molecule has 1 aromatic carbocycles. The van der Waals surface area contributed by atoms with Crippen LogP contribution in [0.25, 0.3) is 5.69 Å². The van der Waals surface area contributed by atoms with Crippen LogP contribution in [0.3, 0.4) is 0 Å². The van der Waals surface area contributed by atoms with Crippen molar-refractivity contribution in [3.05, 3.63) is 52.6 Å². The molecule has 3 aliphatic rings. The Balaban J connectivity index is 1.20. The zero-order chi connectivity index (χ0) is 21.5. The third kappa shape index (κ3) is 4.08. The van der Waals surface area contributed by atoms with Gasteiger partial charge in [-0.3, -0.25) is 14.8 Å². The Morgan fingerprint density at radius 2 is 1.87 bits per heavy atom. The number of rotatable bonds is 5. The monoisotopic (exact) mass is 423 g/mol. The Morgan fingerprint density at radius 1 is 1.13 bits per heavy atom. The van der Waals surface area contributed by atoms with Gasteiger partial charge in [0.2, 0.25) is 0 Å². The van der Waals surface area contributed by atoms with Crippen molar-refractivity contribution >= 4 is 11.8 Å². The van der Waals surface area contributed by atoms with Gasteiger partial charge in [0.15, 0.2) is 0 Å². The van der Waals surface area contributed by atoms with E-state index in [9.17, 15) is 9.59 Å². The first-order chi connectivity index (χ1) is 15.0. The van der Waals surface area contributed by atoms with E-state index in [1.165, 1.54) is 10.1 Å². The van der Waals surface area contributed by atoms with Crippen molar-refractivity contribution in [1.29, 1.82) is 0 Å². The number of anilines is 1. The maximum atomic E-state index is 12.5. The lowest BCUT2D eigenvalue weighted by molar-refractivity contribution is 0.221. The normalized spacial score (nSPS) is 27.4. The number of fused-ring (bicyclic) bond motifs is 1. The molecule has 164 valence electrons. The van der Waals surface area contributed by atoms with Crippen molar-refractivity contribution in [1.82, 2.24) is 19.4 Å². The molecule has 0 bridgehead atoms. The Bertz CT molecular complexity index is 1010. The number of hydrogen-bond donors (Lipinski definition) is 3. The van der Waals surface area contributed by atoms with Gasteiger partial charge in [0.05, 0.1) is 5.69 Å². The molecule has 3 heterocycles. The molecule has 2 aliphatic heterocycles. The molecule has 4 atom stereocenters. The number of carbonyl (C=O) groups excluding carboxylic acids is 1. The maximum Gasteiger partial charge on any atom is 0.354 e. The largest absolute Gasteiger partial charge is 0.354 e. The predicted octanol–water partition coefficient (Wildman–Crippen LogP) is 0.434. The van der Waals surface area contributed by atoms with E-state index in [0.29, 0.717) is 43.4 Å². The van der Waals surface area contributed by atoms with Crippen molar-refractivity contribution in [3.8, 4) is 5.69 Å². The van der Waals surface area contributed by atoms with E-state index in [4.69, 9.17) is 11.5 Å². The van der Waals surface area contributed by atoms with Crippen LogP contribution in [0.5, 0.6) is 0 Å². The fraction of sp³-hybridized carbons (Fsp3) is 0.500. The summed E-state index contributed by atoms with van der Waals surface area (Å²) in [4.78, 5) is 33.1. The van der Waals surface area contributed by atoms with Gasteiger partial charge in [0, 0.05) is 45.0 Å². The van der Waals surface area contributed by atoms with Gasteiger partial charge in [-0.1, -0.05) is 12.1 Å². The molecule has 0 spiro atoms. The Kier molecular flexibility index (Phi) is 5.25. The van der Waals surface area contributed by atoms with Crippen molar-refractivity contribution in [2.75, 3.05) is 38.0 Å². The van der Waals surface area contributed by atoms with Gasteiger partial charge in [0.25, 0.3) is 0 Å². The molecule has 3 fully saturated rings. The highest BCUT2D eigenvalue weighted by Crippen LogP contribution is 2.44. The van der Waals surface area contributed by atoms with Gasteiger partial charge >= 0.3 is 11.7 Å². The Morgan fingerprint density at radius 3 is 2.52 bits per heavy atom. The number of piperidine rings is 1. The van der Waals surface area contributed by atoms with E-state index >= 15 is 0 Å². The average molecular weight is 424 g/mol. The number of amides is 2. The summed E-state index contributed by atoms with van der Waals surface area (Å²) in [5.74, 6) is 1.94. The molecule has 2 amide bonds. The minimum atomic E-state index is -0.430. The molecule has 1 saturated carbocycles. The molecule has 31 heavy (non-hydrogen) atoms. The van der Waals surface area contributed by atoms with E-state index < -0.39 is 5.69 Å². The molecule has 1 unspecified atom stereocenters. The smallest absolute Gasteiger partial charge is 0.330 e. The van der Waals surface area contributed by atoms with Crippen LogP contribution in [0.4, 0.5) is 10.6 Å². The highest BCUT2D eigenvalue weighted by molar-refractivity contribution is 5.88. The summed E-state index contributed by atoms with van der Waals surface area (Å²) in [6.45, 7) is 4.94. The third-order valence-electron chi connectivity index (χ3n) is 6.90. The fourth-order valence-electron chi connectivity index (χ4n) is 4.88. The van der Waals surface area contributed by atoms with Crippen molar-refractivity contribution < 1.29 is 4.79 Å². The zero-order valence-electron chi connectivity index (χ0n) is 17.5. The number of likely N-dealkylation sites (tertiary alicyclic amines) is 2. The van der Waals surface area contributed by atoms with E-state index in [1.807, 2.05) is 24.3 Å². The van der Waals surface area contributed by atoms with Crippen LogP contribution in [0, 0.1) is 17.8 Å². The molecule has 1 aliphatic carbocycles. The van der Waals surface area contributed by atoms with Crippen LogP contribution in [0.15, 0.2) is 41.3 Å². The number of urea groups is 1. The first-order valence-corrected chi connectivity index (χ1v) is 10.9. The van der Waals surface area contributed by atoms with Crippen molar-refractivity contribution in [2.45, 2.75) is 19.0 Å². The first kappa shape index (κ1) is 20.2. The third-order valence-corrected chi connectivity index (χ3v) is 6.90. The molecule has 5 N–H and O–H groups in total. The van der Waals surface area contributed by atoms with E-state index in [1.54, 1.807) is 17.2 Å². The molecular formula is C22H29N7O2.